The number of ether oxygens (including phenoxy) is 1. The molecule has 3 aromatic rings. The first kappa shape index (κ1) is 15.3. The molecular weight excluding hydrogens is 318 g/mol. The summed E-state index contributed by atoms with van der Waals surface area (Å²) in [6.45, 7) is 0. The van der Waals surface area contributed by atoms with Crippen LogP contribution in [0.15, 0.2) is 55.1 Å². The Morgan fingerprint density at radius 3 is 2.60 bits per heavy atom. The number of amides is 1. The second kappa shape index (κ2) is 6.35. The van der Waals surface area contributed by atoms with E-state index in [0.29, 0.717) is 22.9 Å². The fourth-order valence-corrected chi connectivity index (χ4v) is 2.89. The minimum absolute atomic E-state index is 0.135. The molecule has 1 aliphatic carbocycles. The number of nitrogens with one attached hydrogen (secondary N) is 2. The van der Waals surface area contributed by atoms with E-state index in [1.165, 1.54) is 6.33 Å². The predicted molar refractivity (Wildman–Crippen MR) is 90.1 cm³/mol. The zero-order chi connectivity index (χ0) is 17.1. The van der Waals surface area contributed by atoms with Gasteiger partial charge in [0, 0.05) is 11.8 Å². The van der Waals surface area contributed by atoms with Crippen molar-refractivity contribution in [3.8, 4) is 11.5 Å². The first-order valence-corrected chi connectivity index (χ1v) is 8.11. The SMILES string of the molecule is O=C(NC1(c2ncn[nH]2)CCC1)c1ccc(Oc2cccnc2)cc1. The van der Waals surface area contributed by atoms with Crippen molar-refractivity contribution in [1.29, 1.82) is 0 Å². The normalized spacial score (nSPS) is 15.2. The van der Waals surface area contributed by atoms with Crippen LogP contribution >= 0.6 is 0 Å². The van der Waals surface area contributed by atoms with Crippen molar-refractivity contribution in [2.75, 3.05) is 0 Å². The number of aromatic nitrogens is 4. The molecule has 0 unspecified atom stereocenters. The smallest absolute Gasteiger partial charge is 0.252 e. The number of carbonyl (C=O) groups excluding carboxylic acids is 1. The fraction of sp³-hybridized carbons (Fsp3) is 0.222. The predicted octanol–water partition coefficient (Wildman–Crippen LogP) is 2.80. The van der Waals surface area contributed by atoms with Crippen LogP contribution in [0.5, 0.6) is 11.5 Å². The van der Waals surface area contributed by atoms with Crippen molar-refractivity contribution in [2.24, 2.45) is 0 Å². The van der Waals surface area contributed by atoms with Gasteiger partial charge in [-0.3, -0.25) is 14.9 Å². The van der Waals surface area contributed by atoms with Gasteiger partial charge in [-0.2, -0.15) is 5.10 Å². The number of aromatic amines is 1. The highest BCUT2D eigenvalue weighted by molar-refractivity contribution is 5.94. The van der Waals surface area contributed by atoms with Crippen LogP contribution in [-0.2, 0) is 5.54 Å². The molecule has 2 N–H and O–H groups in total. The van der Waals surface area contributed by atoms with E-state index in [-0.39, 0.29) is 5.91 Å². The molecule has 0 aliphatic heterocycles. The Balaban J connectivity index is 1.46. The quantitative estimate of drug-likeness (QED) is 0.748. The van der Waals surface area contributed by atoms with Crippen LogP contribution in [0.2, 0.25) is 0 Å². The summed E-state index contributed by atoms with van der Waals surface area (Å²) in [6.07, 6.45) is 7.56. The summed E-state index contributed by atoms with van der Waals surface area (Å²) >= 11 is 0. The Bertz CT molecular complexity index is 843. The van der Waals surface area contributed by atoms with E-state index in [1.54, 1.807) is 42.7 Å². The van der Waals surface area contributed by atoms with Crippen LogP contribution < -0.4 is 10.1 Å². The molecule has 1 fully saturated rings. The van der Waals surface area contributed by atoms with Gasteiger partial charge < -0.3 is 10.1 Å². The Kier molecular flexibility index (Phi) is 3.89. The highest BCUT2D eigenvalue weighted by atomic mass is 16.5. The molecule has 1 aromatic carbocycles. The maximum atomic E-state index is 12.6. The third-order valence-corrected chi connectivity index (χ3v) is 4.41. The van der Waals surface area contributed by atoms with E-state index in [0.717, 1.165) is 19.3 Å². The molecule has 25 heavy (non-hydrogen) atoms. The molecule has 2 heterocycles. The monoisotopic (exact) mass is 335 g/mol. The fourth-order valence-electron chi connectivity index (χ4n) is 2.89. The highest BCUT2D eigenvalue weighted by Crippen LogP contribution is 2.39. The lowest BCUT2D eigenvalue weighted by molar-refractivity contribution is 0.0809. The zero-order valence-electron chi connectivity index (χ0n) is 13.5. The summed E-state index contributed by atoms with van der Waals surface area (Å²) in [4.78, 5) is 20.8. The molecule has 1 aliphatic rings. The van der Waals surface area contributed by atoms with Gasteiger partial charge in [-0.15, -0.1) is 0 Å². The minimum atomic E-state index is -0.432. The van der Waals surface area contributed by atoms with E-state index in [2.05, 4.69) is 25.5 Å². The maximum Gasteiger partial charge on any atom is 0.252 e. The molecule has 7 nitrogen and oxygen atoms in total. The Labute approximate surface area is 144 Å². The summed E-state index contributed by atoms with van der Waals surface area (Å²) in [5.74, 6) is 1.88. The van der Waals surface area contributed by atoms with Gasteiger partial charge in [-0.1, -0.05) is 0 Å². The molecule has 1 amide bonds. The van der Waals surface area contributed by atoms with Crippen molar-refractivity contribution in [3.63, 3.8) is 0 Å². The van der Waals surface area contributed by atoms with Gasteiger partial charge in [-0.25, -0.2) is 4.98 Å². The van der Waals surface area contributed by atoms with Crippen molar-refractivity contribution < 1.29 is 9.53 Å². The maximum absolute atomic E-state index is 12.6. The first-order valence-electron chi connectivity index (χ1n) is 8.11. The van der Waals surface area contributed by atoms with E-state index in [4.69, 9.17) is 4.74 Å². The Morgan fingerprint density at radius 2 is 2.00 bits per heavy atom. The van der Waals surface area contributed by atoms with Gasteiger partial charge in [0.2, 0.25) is 0 Å². The third kappa shape index (κ3) is 3.08. The summed E-state index contributed by atoms with van der Waals surface area (Å²) in [6, 6.07) is 10.7. The number of H-pyrrole nitrogens is 1. The van der Waals surface area contributed by atoms with Gasteiger partial charge in [0.15, 0.2) is 0 Å². The summed E-state index contributed by atoms with van der Waals surface area (Å²) in [7, 11) is 0. The second-order valence-corrected chi connectivity index (χ2v) is 6.04. The lowest BCUT2D eigenvalue weighted by atomic mass is 9.76. The third-order valence-electron chi connectivity index (χ3n) is 4.41. The van der Waals surface area contributed by atoms with E-state index in [9.17, 15) is 4.79 Å². The van der Waals surface area contributed by atoms with Gasteiger partial charge in [0.25, 0.3) is 5.91 Å². The molecule has 0 radical (unpaired) electrons. The number of nitrogens with zero attached hydrogens (tertiary/aromatic N) is 3. The van der Waals surface area contributed by atoms with Gasteiger partial charge in [-0.05, 0) is 55.7 Å². The molecule has 0 spiro atoms. The molecule has 126 valence electrons. The van der Waals surface area contributed by atoms with Crippen LogP contribution in [0.4, 0.5) is 0 Å². The van der Waals surface area contributed by atoms with Crippen LogP contribution in [0.1, 0.15) is 35.4 Å². The Hall–Kier alpha value is -3.22. The molecule has 2 aromatic heterocycles. The molecule has 0 atom stereocenters. The van der Waals surface area contributed by atoms with Crippen molar-refractivity contribution in [1.82, 2.24) is 25.5 Å². The average Bonchev–Trinajstić information content (AvgIpc) is 3.14. The first-order chi connectivity index (χ1) is 12.3. The Morgan fingerprint density at radius 1 is 1.16 bits per heavy atom. The van der Waals surface area contributed by atoms with Crippen LogP contribution in [0, 0.1) is 0 Å². The number of pyridine rings is 1. The van der Waals surface area contributed by atoms with E-state index in [1.807, 2.05) is 6.07 Å². The number of benzene rings is 1. The van der Waals surface area contributed by atoms with Crippen molar-refractivity contribution in [2.45, 2.75) is 24.8 Å². The lowest BCUT2D eigenvalue weighted by Gasteiger charge is -2.40. The molecule has 4 rings (SSSR count). The zero-order valence-corrected chi connectivity index (χ0v) is 13.5. The molecular formula is C18H17N5O2. The summed E-state index contributed by atoms with van der Waals surface area (Å²) < 4.78 is 5.69. The van der Waals surface area contributed by atoms with E-state index < -0.39 is 5.54 Å². The molecule has 0 bridgehead atoms. The second-order valence-electron chi connectivity index (χ2n) is 6.04. The van der Waals surface area contributed by atoms with Gasteiger partial charge >= 0.3 is 0 Å². The van der Waals surface area contributed by atoms with Gasteiger partial charge in [0.05, 0.1) is 11.7 Å². The highest BCUT2D eigenvalue weighted by Gasteiger charge is 2.42. The molecule has 1 saturated carbocycles. The van der Waals surface area contributed by atoms with E-state index >= 15 is 0 Å². The topological polar surface area (TPSA) is 92.8 Å². The van der Waals surface area contributed by atoms with Crippen molar-refractivity contribution in [3.05, 3.63) is 66.5 Å². The number of carbonyl (C=O) groups is 1. The molecule has 7 heteroatoms. The van der Waals surface area contributed by atoms with Crippen molar-refractivity contribution >= 4 is 5.91 Å². The number of hydrogen-bond donors (Lipinski definition) is 2. The summed E-state index contributed by atoms with van der Waals surface area (Å²) in [5, 5.41) is 9.86. The number of hydrogen-bond acceptors (Lipinski definition) is 5. The van der Waals surface area contributed by atoms with Crippen LogP contribution in [-0.4, -0.2) is 26.1 Å². The lowest BCUT2D eigenvalue weighted by Crippen LogP contribution is -2.51. The summed E-state index contributed by atoms with van der Waals surface area (Å²) in [5.41, 5.74) is 0.141. The average molecular weight is 335 g/mol. The largest absolute Gasteiger partial charge is 0.456 e. The number of rotatable bonds is 5. The van der Waals surface area contributed by atoms with Crippen LogP contribution in [0.3, 0.4) is 0 Å². The minimum Gasteiger partial charge on any atom is -0.456 e. The standard InChI is InChI=1S/C18H17N5O2/c24-16(22-18(8-2-9-18)17-20-12-21-23-17)13-4-6-14(7-5-13)25-15-3-1-10-19-11-15/h1,3-7,10-12H,2,8-9H2,(H,22,24)(H,20,21,23). The van der Waals surface area contributed by atoms with Gasteiger partial charge in [0.1, 0.15) is 23.7 Å². The molecule has 0 saturated heterocycles. The van der Waals surface area contributed by atoms with Crippen LogP contribution in [0.25, 0.3) is 0 Å².